The summed E-state index contributed by atoms with van der Waals surface area (Å²) in [6.07, 6.45) is -3.06. The molecule has 0 spiro atoms. The van der Waals surface area contributed by atoms with Crippen molar-refractivity contribution in [2.24, 2.45) is 5.92 Å². The summed E-state index contributed by atoms with van der Waals surface area (Å²) in [6.45, 7) is 5.80. The van der Waals surface area contributed by atoms with Crippen molar-refractivity contribution in [2.45, 2.75) is 38.9 Å². The minimum absolute atomic E-state index is 0.171. The van der Waals surface area contributed by atoms with Crippen LogP contribution in [-0.2, 0) is 12.6 Å². The lowest BCUT2D eigenvalue weighted by Crippen LogP contribution is -2.26. The minimum atomic E-state index is -4.45. The van der Waals surface area contributed by atoms with Crippen molar-refractivity contribution in [3.8, 4) is 11.5 Å². The van der Waals surface area contributed by atoms with Gasteiger partial charge in [-0.25, -0.2) is 9.37 Å². The van der Waals surface area contributed by atoms with Gasteiger partial charge in [-0.3, -0.25) is 4.90 Å². The summed E-state index contributed by atoms with van der Waals surface area (Å²) in [5.74, 6) is 0.833. The number of pyridine rings is 1. The van der Waals surface area contributed by atoms with Gasteiger partial charge in [-0.1, -0.05) is 0 Å². The standard InChI is InChI=1S/C22H24F4N2O2/c1-13-7-16(9-21(27-13)22(24,25)26)8-15-3-4-28(12-15)14(2)17-10-19-20(11-18(17)23)30-6-5-29-19/h7,9-11,14-15H,3-6,8,12H2,1-2H3/t14?,15-/m1/s1. The second kappa shape index (κ2) is 8.06. The summed E-state index contributed by atoms with van der Waals surface area (Å²) < 4.78 is 64.8. The average molecular weight is 424 g/mol. The maximum absolute atomic E-state index is 14.7. The number of likely N-dealkylation sites (tertiary alicyclic amines) is 1. The van der Waals surface area contributed by atoms with E-state index in [0.29, 0.717) is 54.5 Å². The summed E-state index contributed by atoms with van der Waals surface area (Å²) >= 11 is 0. The first-order valence-corrected chi connectivity index (χ1v) is 10.1. The largest absolute Gasteiger partial charge is 0.486 e. The summed E-state index contributed by atoms with van der Waals surface area (Å²) in [4.78, 5) is 5.77. The maximum Gasteiger partial charge on any atom is 0.433 e. The SMILES string of the molecule is Cc1cc(C[C@H]2CCN(C(C)c3cc4c(cc3F)OCCO4)C2)cc(C(F)(F)F)n1. The fourth-order valence-electron chi connectivity index (χ4n) is 4.31. The Hall–Kier alpha value is -2.35. The van der Waals surface area contributed by atoms with Gasteiger partial charge in [-0.05, 0) is 62.9 Å². The molecule has 1 aromatic heterocycles. The second-order valence-electron chi connectivity index (χ2n) is 8.05. The third-order valence-electron chi connectivity index (χ3n) is 5.80. The van der Waals surface area contributed by atoms with Crippen molar-refractivity contribution in [3.05, 3.63) is 52.6 Å². The molecule has 2 atom stereocenters. The van der Waals surface area contributed by atoms with Gasteiger partial charge < -0.3 is 9.47 Å². The smallest absolute Gasteiger partial charge is 0.433 e. The highest BCUT2D eigenvalue weighted by Crippen LogP contribution is 2.38. The number of aryl methyl sites for hydroxylation is 1. The van der Waals surface area contributed by atoms with E-state index in [1.54, 1.807) is 19.1 Å². The van der Waals surface area contributed by atoms with Gasteiger partial charge in [-0.2, -0.15) is 13.2 Å². The first-order valence-electron chi connectivity index (χ1n) is 10.1. The van der Waals surface area contributed by atoms with E-state index in [1.807, 2.05) is 6.92 Å². The van der Waals surface area contributed by atoms with Gasteiger partial charge >= 0.3 is 6.18 Å². The number of fused-ring (bicyclic) bond motifs is 1. The molecule has 8 heteroatoms. The zero-order valence-electron chi connectivity index (χ0n) is 16.9. The van der Waals surface area contributed by atoms with Crippen LogP contribution in [0, 0.1) is 18.7 Å². The molecule has 2 aliphatic heterocycles. The molecule has 1 saturated heterocycles. The molecule has 4 nitrogen and oxygen atoms in total. The molecule has 4 rings (SSSR count). The molecule has 0 amide bonds. The van der Waals surface area contributed by atoms with Crippen molar-refractivity contribution in [2.75, 3.05) is 26.3 Å². The Bertz CT molecular complexity index is 932. The number of nitrogens with zero attached hydrogens (tertiary/aromatic N) is 2. The quantitative estimate of drug-likeness (QED) is 0.651. The molecule has 0 saturated carbocycles. The fourth-order valence-corrected chi connectivity index (χ4v) is 4.31. The summed E-state index contributed by atoms with van der Waals surface area (Å²) in [5.41, 5.74) is 0.694. The normalized spacial score (nSPS) is 20.4. The third kappa shape index (κ3) is 4.38. The predicted molar refractivity (Wildman–Crippen MR) is 103 cm³/mol. The highest BCUT2D eigenvalue weighted by molar-refractivity contribution is 5.45. The predicted octanol–water partition coefficient (Wildman–Crippen LogP) is 4.94. The number of alkyl halides is 3. The number of rotatable bonds is 4. The Labute approximate surface area is 172 Å². The van der Waals surface area contributed by atoms with Gasteiger partial charge in [0.25, 0.3) is 0 Å². The van der Waals surface area contributed by atoms with Crippen molar-refractivity contribution < 1.29 is 27.0 Å². The van der Waals surface area contributed by atoms with Gasteiger partial charge in [-0.15, -0.1) is 0 Å². The Kier molecular flexibility index (Phi) is 5.61. The molecule has 30 heavy (non-hydrogen) atoms. The number of ether oxygens (including phenoxy) is 2. The van der Waals surface area contributed by atoms with E-state index in [4.69, 9.17) is 9.47 Å². The third-order valence-corrected chi connectivity index (χ3v) is 5.80. The van der Waals surface area contributed by atoms with Gasteiger partial charge in [0, 0.05) is 29.9 Å². The number of aromatic nitrogens is 1. The number of halogens is 4. The monoisotopic (exact) mass is 424 g/mol. The van der Waals surface area contributed by atoms with Crippen LogP contribution in [0.3, 0.4) is 0 Å². The van der Waals surface area contributed by atoms with Crippen LogP contribution >= 0.6 is 0 Å². The van der Waals surface area contributed by atoms with Gasteiger partial charge in [0.1, 0.15) is 24.7 Å². The highest BCUT2D eigenvalue weighted by atomic mass is 19.4. The first kappa shape index (κ1) is 20.9. The molecule has 1 aromatic carbocycles. The maximum atomic E-state index is 14.7. The molecule has 3 heterocycles. The molecule has 0 aliphatic carbocycles. The molecule has 0 N–H and O–H groups in total. The molecular formula is C22H24F4N2O2. The van der Waals surface area contributed by atoms with Gasteiger partial charge in [0.05, 0.1) is 0 Å². The Balaban J connectivity index is 1.46. The van der Waals surface area contributed by atoms with Crippen LogP contribution in [-0.4, -0.2) is 36.2 Å². The lowest BCUT2D eigenvalue weighted by Gasteiger charge is -2.27. The molecule has 2 aliphatic rings. The van der Waals surface area contributed by atoms with Crippen molar-refractivity contribution in [3.63, 3.8) is 0 Å². The van der Waals surface area contributed by atoms with E-state index >= 15 is 0 Å². The lowest BCUT2D eigenvalue weighted by molar-refractivity contribution is -0.141. The van der Waals surface area contributed by atoms with E-state index in [1.165, 1.54) is 6.07 Å². The average Bonchev–Trinajstić information content (AvgIpc) is 3.14. The van der Waals surface area contributed by atoms with Crippen LogP contribution < -0.4 is 9.47 Å². The van der Waals surface area contributed by atoms with Crippen LogP contribution in [0.1, 0.15) is 41.9 Å². The molecule has 162 valence electrons. The van der Waals surface area contributed by atoms with Gasteiger partial charge in [0.2, 0.25) is 0 Å². The van der Waals surface area contributed by atoms with Crippen molar-refractivity contribution in [1.29, 1.82) is 0 Å². The zero-order chi connectivity index (χ0) is 21.5. The summed E-state index contributed by atoms with van der Waals surface area (Å²) in [6, 6.07) is 5.74. The van der Waals surface area contributed by atoms with E-state index in [9.17, 15) is 17.6 Å². The molecule has 0 bridgehead atoms. The van der Waals surface area contributed by atoms with Crippen LogP contribution in [0.4, 0.5) is 17.6 Å². The molecule has 2 aromatic rings. The molecule has 0 radical (unpaired) electrons. The summed E-state index contributed by atoms with van der Waals surface area (Å²) in [7, 11) is 0. The Morgan fingerprint density at radius 2 is 1.83 bits per heavy atom. The zero-order valence-corrected chi connectivity index (χ0v) is 16.9. The number of benzene rings is 1. The Morgan fingerprint density at radius 1 is 1.13 bits per heavy atom. The van der Waals surface area contributed by atoms with Crippen molar-refractivity contribution >= 4 is 0 Å². The van der Waals surface area contributed by atoms with Crippen LogP contribution in [0.15, 0.2) is 24.3 Å². The second-order valence-corrected chi connectivity index (χ2v) is 8.05. The number of hydrogen-bond donors (Lipinski definition) is 0. The Morgan fingerprint density at radius 3 is 2.53 bits per heavy atom. The number of hydrogen-bond acceptors (Lipinski definition) is 4. The van der Waals surface area contributed by atoms with E-state index in [2.05, 4.69) is 9.88 Å². The first-order chi connectivity index (χ1) is 14.2. The van der Waals surface area contributed by atoms with Gasteiger partial charge in [0.15, 0.2) is 11.5 Å². The topological polar surface area (TPSA) is 34.6 Å². The lowest BCUT2D eigenvalue weighted by atomic mass is 9.98. The van der Waals surface area contributed by atoms with E-state index in [-0.39, 0.29) is 17.8 Å². The van der Waals surface area contributed by atoms with Crippen LogP contribution in [0.2, 0.25) is 0 Å². The molecule has 1 fully saturated rings. The van der Waals surface area contributed by atoms with E-state index in [0.717, 1.165) is 19.0 Å². The minimum Gasteiger partial charge on any atom is -0.486 e. The highest BCUT2D eigenvalue weighted by Gasteiger charge is 2.34. The summed E-state index contributed by atoms with van der Waals surface area (Å²) in [5, 5.41) is 0. The van der Waals surface area contributed by atoms with Crippen molar-refractivity contribution in [1.82, 2.24) is 9.88 Å². The van der Waals surface area contributed by atoms with E-state index < -0.39 is 11.9 Å². The fraction of sp³-hybridized carbons (Fsp3) is 0.500. The molecule has 1 unspecified atom stereocenters. The molecular weight excluding hydrogens is 400 g/mol. The van der Waals surface area contributed by atoms with Crippen LogP contribution in [0.25, 0.3) is 0 Å². The van der Waals surface area contributed by atoms with Crippen LogP contribution in [0.5, 0.6) is 11.5 Å².